The monoisotopic (exact) mass is 485 g/mol. The lowest BCUT2D eigenvalue weighted by molar-refractivity contribution is -0.138. The van der Waals surface area contributed by atoms with E-state index in [1.54, 1.807) is 39.8 Å². The summed E-state index contributed by atoms with van der Waals surface area (Å²) >= 11 is 0. The number of alkyl halides is 3. The number of nitrogens with one attached hydrogen (secondary N) is 1. The first kappa shape index (κ1) is 24.2. The van der Waals surface area contributed by atoms with E-state index in [4.69, 9.17) is 0 Å². The van der Waals surface area contributed by atoms with E-state index in [-0.39, 0.29) is 23.4 Å². The van der Waals surface area contributed by atoms with E-state index in [9.17, 15) is 22.4 Å². The van der Waals surface area contributed by atoms with Gasteiger partial charge in [-0.15, -0.1) is 0 Å². The highest BCUT2D eigenvalue weighted by atomic mass is 19.4. The first-order valence-corrected chi connectivity index (χ1v) is 10.8. The highest BCUT2D eigenvalue weighted by molar-refractivity contribution is 5.96. The van der Waals surface area contributed by atoms with Crippen molar-refractivity contribution < 1.29 is 22.4 Å². The number of carbonyl (C=O) groups excluding carboxylic acids is 1. The van der Waals surface area contributed by atoms with Gasteiger partial charge in [0.25, 0.3) is 5.91 Å². The van der Waals surface area contributed by atoms with E-state index in [1.807, 2.05) is 0 Å². The summed E-state index contributed by atoms with van der Waals surface area (Å²) in [5, 5.41) is 11.2. The van der Waals surface area contributed by atoms with Crippen molar-refractivity contribution in [2.45, 2.75) is 40.4 Å². The van der Waals surface area contributed by atoms with Crippen molar-refractivity contribution in [1.29, 1.82) is 0 Å². The lowest BCUT2D eigenvalue weighted by Gasteiger charge is -2.16. The molecule has 4 aromatic rings. The van der Waals surface area contributed by atoms with Crippen LogP contribution in [0.2, 0.25) is 0 Å². The van der Waals surface area contributed by atoms with Gasteiger partial charge in [-0.3, -0.25) is 4.79 Å². The van der Waals surface area contributed by atoms with Crippen molar-refractivity contribution in [3.8, 4) is 11.4 Å². The van der Waals surface area contributed by atoms with Crippen LogP contribution in [0.25, 0.3) is 11.4 Å². The molecule has 0 bridgehead atoms. The Morgan fingerprint density at radius 1 is 0.914 bits per heavy atom. The Labute approximate surface area is 199 Å². The van der Waals surface area contributed by atoms with E-state index in [1.165, 1.54) is 39.7 Å². The summed E-state index contributed by atoms with van der Waals surface area (Å²) in [6.07, 6.45) is -4.62. The average Bonchev–Trinajstić information content (AvgIpc) is 3.28. The predicted octanol–water partition coefficient (Wildman–Crippen LogP) is 5.38. The molecule has 0 saturated carbocycles. The SMILES string of the molecule is Cc1cc(C)n(-c2ccc(CNC(=O)c3c(C)nn(-c4ccc(F)cc4)c3C)c(C(F)(F)F)c2)n1. The lowest BCUT2D eigenvalue weighted by Crippen LogP contribution is -2.25. The number of aromatic nitrogens is 4. The van der Waals surface area contributed by atoms with Crippen LogP contribution in [0, 0.1) is 33.5 Å². The van der Waals surface area contributed by atoms with Gasteiger partial charge in [0.2, 0.25) is 0 Å². The topological polar surface area (TPSA) is 64.7 Å². The summed E-state index contributed by atoms with van der Waals surface area (Å²) in [7, 11) is 0. The third-order valence-electron chi connectivity index (χ3n) is 5.68. The van der Waals surface area contributed by atoms with Crippen molar-refractivity contribution in [3.05, 3.63) is 93.8 Å². The number of rotatable bonds is 5. The van der Waals surface area contributed by atoms with Crippen molar-refractivity contribution >= 4 is 5.91 Å². The Kier molecular flexibility index (Phi) is 6.23. The van der Waals surface area contributed by atoms with Gasteiger partial charge in [-0.2, -0.15) is 23.4 Å². The van der Waals surface area contributed by atoms with Gasteiger partial charge >= 0.3 is 6.18 Å². The van der Waals surface area contributed by atoms with Gasteiger partial charge < -0.3 is 5.32 Å². The van der Waals surface area contributed by atoms with Crippen LogP contribution in [-0.2, 0) is 12.7 Å². The maximum absolute atomic E-state index is 13.9. The third kappa shape index (κ3) is 4.82. The fraction of sp³-hybridized carbons (Fsp3) is 0.240. The molecule has 35 heavy (non-hydrogen) atoms. The summed E-state index contributed by atoms with van der Waals surface area (Å²) in [5.41, 5.74) is 2.47. The number of aryl methyl sites for hydroxylation is 3. The highest BCUT2D eigenvalue weighted by Gasteiger charge is 2.34. The summed E-state index contributed by atoms with van der Waals surface area (Å²) < 4.78 is 57.8. The van der Waals surface area contributed by atoms with Crippen LogP contribution >= 0.6 is 0 Å². The molecule has 0 spiro atoms. The first-order valence-electron chi connectivity index (χ1n) is 10.8. The molecule has 10 heteroatoms. The molecule has 4 rings (SSSR count). The average molecular weight is 485 g/mol. The number of hydrogen-bond acceptors (Lipinski definition) is 3. The number of amides is 1. The number of hydrogen-bond donors (Lipinski definition) is 1. The smallest absolute Gasteiger partial charge is 0.348 e. The van der Waals surface area contributed by atoms with Gasteiger partial charge in [0.1, 0.15) is 5.82 Å². The second kappa shape index (κ2) is 9.01. The molecule has 0 fully saturated rings. The van der Waals surface area contributed by atoms with Crippen molar-refractivity contribution in [1.82, 2.24) is 24.9 Å². The van der Waals surface area contributed by atoms with Gasteiger partial charge in [-0.05, 0) is 75.7 Å². The first-order chi connectivity index (χ1) is 16.5. The van der Waals surface area contributed by atoms with Crippen LogP contribution < -0.4 is 5.32 Å². The van der Waals surface area contributed by atoms with E-state index in [0.717, 1.165) is 6.07 Å². The normalized spacial score (nSPS) is 11.7. The van der Waals surface area contributed by atoms with Crippen LogP contribution in [0.5, 0.6) is 0 Å². The lowest BCUT2D eigenvalue weighted by atomic mass is 10.1. The zero-order chi connectivity index (χ0) is 25.5. The molecule has 0 saturated heterocycles. The Bertz CT molecular complexity index is 1400. The Balaban J connectivity index is 1.60. The van der Waals surface area contributed by atoms with Crippen LogP contribution in [0.1, 0.15) is 44.3 Å². The molecular formula is C25H23F4N5O. The van der Waals surface area contributed by atoms with E-state index < -0.39 is 23.5 Å². The van der Waals surface area contributed by atoms with Gasteiger partial charge in [0, 0.05) is 12.2 Å². The van der Waals surface area contributed by atoms with Crippen molar-refractivity contribution in [3.63, 3.8) is 0 Å². The summed E-state index contributed by atoms with van der Waals surface area (Å²) in [5.74, 6) is -0.957. The fourth-order valence-corrected chi connectivity index (χ4v) is 4.07. The second-order valence-electron chi connectivity index (χ2n) is 8.29. The van der Waals surface area contributed by atoms with E-state index >= 15 is 0 Å². The molecule has 0 aliphatic heterocycles. The molecule has 0 atom stereocenters. The van der Waals surface area contributed by atoms with Crippen molar-refractivity contribution in [2.75, 3.05) is 0 Å². The van der Waals surface area contributed by atoms with Gasteiger partial charge in [0.15, 0.2) is 0 Å². The van der Waals surface area contributed by atoms with Crippen LogP contribution in [0.3, 0.4) is 0 Å². The molecule has 2 aromatic heterocycles. The number of carbonyl (C=O) groups is 1. The molecule has 0 aliphatic rings. The minimum atomic E-state index is -4.62. The minimum Gasteiger partial charge on any atom is -0.348 e. The Morgan fingerprint density at radius 3 is 2.17 bits per heavy atom. The number of halogens is 4. The Hall–Kier alpha value is -3.95. The highest BCUT2D eigenvalue weighted by Crippen LogP contribution is 2.34. The largest absolute Gasteiger partial charge is 0.416 e. The van der Waals surface area contributed by atoms with Crippen LogP contribution in [0.4, 0.5) is 17.6 Å². The second-order valence-corrected chi connectivity index (χ2v) is 8.29. The molecule has 0 unspecified atom stereocenters. The maximum Gasteiger partial charge on any atom is 0.416 e. The summed E-state index contributed by atoms with van der Waals surface area (Å²) in [4.78, 5) is 12.9. The molecule has 0 radical (unpaired) electrons. The number of nitrogens with zero attached hydrogens (tertiary/aromatic N) is 4. The van der Waals surface area contributed by atoms with Crippen LogP contribution in [0.15, 0.2) is 48.5 Å². The maximum atomic E-state index is 13.9. The van der Waals surface area contributed by atoms with Gasteiger partial charge in [-0.25, -0.2) is 13.8 Å². The number of benzene rings is 2. The fourth-order valence-electron chi connectivity index (χ4n) is 4.07. The molecule has 1 N–H and O–H groups in total. The zero-order valence-corrected chi connectivity index (χ0v) is 19.5. The molecule has 2 aromatic carbocycles. The zero-order valence-electron chi connectivity index (χ0n) is 19.5. The molecule has 1 amide bonds. The van der Waals surface area contributed by atoms with E-state index in [0.29, 0.717) is 28.5 Å². The quantitative estimate of drug-likeness (QED) is 0.386. The van der Waals surface area contributed by atoms with E-state index in [2.05, 4.69) is 15.5 Å². The Morgan fingerprint density at radius 2 is 1.57 bits per heavy atom. The standard InChI is InChI=1S/C25H23F4N5O/c1-14-11-15(2)33(31-14)21-8-5-18(22(12-21)25(27,28)29)13-30-24(35)23-16(3)32-34(17(23)4)20-9-6-19(26)7-10-20/h5-12H,13H2,1-4H3,(H,30,35). The summed E-state index contributed by atoms with van der Waals surface area (Å²) in [6.45, 7) is 6.50. The summed E-state index contributed by atoms with van der Waals surface area (Å²) in [6, 6.07) is 11.3. The van der Waals surface area contributed by atoms with Gasteiger partial charge in [0.05, 0.1) is 39.6 Å². The minimum absolute atomic E-state index is 0.0719. The predicted molar refractivity (Wildman–Crippen MR) is 122 cm³/mol. The molecule has 0 aliphatic carbocycles. The molecule has 2 heterocycles. The molecular weight excluding hydrogens is 462 g/mol. The molecule has 182 valence electrons. The van der Waals surface area contributed by atoms with Gasteiger partial charge in [-0.1, -0.05) is 6.07 Å². The van der Waals surface area contributed by atoms with Crippen molar-refractivity contribution in [2.24, 2.45) is 0 Å². The van der Waals surface area contributed by atoms with Crippen LogP contribution in [-0.4, -0.2) is 25.5 Å². The third-order valence-corrected chi connectivity index (χ3v) is 5.68. The molecule has 6 nitrogen and oxygen atoms in total.